The van der Waals surface area contributed by atoms with E-state index in [2.05, 4.69) is 5.10 Å². The van der Waals surface area contributed by atoms with Crippen LogP contribution in [-0.2, 0) is 17.7 Å². The topological polar surface area (TPSA) is 47.3 Å². The Balaban J connectivity index is 2.14. The molecule has 1 aromatic heterocycles. The van der Waals surface area contributed by atoms with E-state index in [1.807, 2.05) is 18.5 Å². The van der Waals surface area contributed by atoms with Crippen molar-refractivity contribution in [2.75, 3.05) is 7.11 Å². The number of hydrogen-bond donors (Lipinski definition) is 1. The number of ether oxygens (including phenoxy) is 1. The SMILES string of the molecule is CCn1nc(C)c(Cl)c1CC1(O)CC(OC)C1. The first-order valence-corrected chi connectivity index (χ1v) is 6.34. The van der Waals surface area contributed by atoms with Crippen molar-refractivity contribution in [3.05, 3.63) is 16.4 Å². The van der Waals surface area contributed by atoms with E-state index in [1.54, 1.807) is 7.11 Å². The molecule has 0 amide bonds. The van der Waals surface area contributed by atoms with Crippen LogP contribution in [0.3, 0.4) is 0 Å². The van der Waals surface area contributed by atoms with Crippen LogP contribution >= 0.6 is 11.6 Å². The fourth-order valence-electron chi connectivity index (χ4n) is 2.45. The van der Waals surface area contributed by atoms with Crippen LogP contribution < -0.4 is 0 Å². The summed E-state index contributed by atoms with van der Waals surface area (Å²) in [5, 5.41) is 15.4. The number of halogens is 1. The van der Waals surface area contributed by atoms with E-state index >= 15 is 0 Å². The number of nitrogens with zero attached hydrogens (tertiary/aromatic N) is 2. The molecule has 96 valence electrons. The molecule has 0 spiro atoms. The molecular weight excluding hydrogens is 240 g/mol. The number of rotatable bonds is 4. The second-order valence-corrected chi connectivity index (χ2v) is 5.21. The van der Waals surface area contributed by atoms with Crippen molar-refractivity contribution in [2.24, 2.45) is 0 Å². The maximum Gasteiger partial charge on any atom is 0.0848 e. The summed E-state index contributed by atoms with van der Waals surface area (Å²) < 4.78 is 7.07. The normalized spacial score (nSPS) is 28.2. The number of methoxy groups -OCH3 is 1. The van der Waals surface area contributed by atoms with Gasteiger partial charge in [0.05, 0.1) is 28.1 Å². The predicted octanol–water partition coefficient (Wildman–Crippen LogP) is 1.95. The van der Waals surface area contributed by atoms with E-state index in [4.69, 9.17) is 16.3 Å². The molecule has 0 unspecified atom stereocenters. The van der Waals surface area contributed by atoms with E-state index in [9.17, 15) is 5.11 Å². The molecule has 0 aliphatic heterocycles. The first kappa shape index (κ1) is 12.9. The van der Waals surface area contributed by atoms with E-state index in [0.29, 0.717) is 24.3 Å². The largest absolute Gasteiger partial charge is 0.389 e. The van der Waals surface area contributed by atoms with Gasteiger partial charge in [0.2, 0.25) is 0 Å². The Morgan fingerprint density at radius 1 is 1.59 bits per heavy atom. The summed E-state index contributed by atoms with van der Waals surface area (Å²) in [5.41, 5.74) is 1.09. The molecule has 1 heterocycles. The molecule has 1 aliphatic rings. The van der Waals surface area contributed by atoms with Gasteiger partial charge in [-0.25, -0.2) is 0 Å². The van der Waals surface area contributed by atoms with Gasteiger partial charge in [0, 0.05) is 32.9 Å². The highest BCUT2D eigenvalue weighted by Crippen LogP contribution is 2.38. The minimum absolute atomic E-state index is 0.179. The summed E-state index contributed by atoms with van der Waals surface area (Å²) in [6.45, 7) is 4.68. The van der Waals surface area contributed by atoms with Crippen molar-refractivity contribution in [1.82, 2.24) is 9.78 Å². The van der Waals surface area contributed by atoms with Gasteiger partial charge < -0.3 is 9.84 Å². The van der Waals surface area contributed by atoms with Crippen molar-refractivity contribution in [2.45, 2.75) is 51.4 Å². The predicted molar refractivity (Wildman–Crippen MR) is 66.3 cm³/mol. The van der Waals surface area contributed by atoms with Crippen molar-refractivity contribution in [3.63, 3.8) is 0 Å². The summed E-state index contributed by atoms with van der Waals surface area (Å²) in [6, 6.07) is 0. The van der Waals surface area contributed by atoms with E-state index in [1.165, 1.54) is 0 Å². The third kappa shape index (κ3) is 2.34. The lowest BCUT2D eigenvalue weighted by molar-refractivity contribution is -0.127. The monoisotopic (exact) mass is 258 g/mol. The van der Waals surface area contributed by atoms with Crippen LogP contribution in [0.25, 0.3) is 0 Å². The molecule has 4 nitrogen and oxygen atoms in total. The summed E-state index contributed by atoms with van der Waals surface area (Å²) in [7, 11) is 1.68. The lowest BCUT2D eigenvalue weighted by Gasteiger charge is -2.42. The lowest BCUT2D eigenvalue weighted by atomic mass is 9.74. The minimum Gasteiger partial charge on any atom is -0.389 e. The number of hydrogen-bond acceptors (Lipinski definition) is 3. The van der Waals surface area contributed by atoms with Gasteiger partial charge >= 0.3 is 0 Å². The van der Waals surface area contributed by atoms with Crippen LogP contribution in [0.15, 0.2) is 0 Å². The van der Waals surface area contributed by atoms with Crippen LogP contribution in [0.5, 0.6) is 0 Å². The third-order valence-electron chi connectivity index (χ3n) is 3.50. The zero-order valence-corrected chi connectivity index (χ0v) is 11.3. The molecule has 1 aromatic rings. The smallest absolute Gasteiger partial charge is 0.0848 e. The van der Waals surface area contributed by atoms with E-state index in [0.717, 1.165) is 17.9 Å². The van der Waals surface area contributed by atoms with Crippen LogP contribution in [0, 0.1) is 6.92 Å². The van der Waals surface area contributed by atoms with Gasteiger partial charge in [-0.2, -0.15) is 5.10 Å². The molecule has 1 N–H and O–H groups in total. The van der Waals surface area contributed by atoms with Gasteiger partial charge in [-0.3, -0.25) is 4.68 Å². The van der Waals surface area contributed by atoms with Crippen molar-refractivity contribution in [3.8, 4) is 0 Å². The first-order valence-electron chi connectivity index (χ1n) is 5.96. The molecule has 17 heavy (non-hydrogen) atoms. The second-order valence-electron chi connectivity index (χ2n) is 4.83. The van der Waals surface area contributed by atoms with Crippen LogP contribution in [0.4, 0.5) is 0 Å². The second kappa shape index (κ2) is 4.59. The summed E-state index contributed by atoms with van der Waals surface area (Å²) in [6.07, 6.45) is 2.08. The summed E-state index contributed by atoms with van der Waals surface area (Å²) in [5.74, 6) is 0. The number of aryl methyl sites for hydroxylation is 2. The Morgan fingerprint density at radius 3 is 2.76 bits per heavy atom. The Morgan fingerprint density at radius 2 is 2.24 bits per heavy atom. The fourth-order valence-corrected chi connectivity index (χ4v) is 2.65. The van der Waals surface area contributed by atoms with Crippen LogP contribution in [0.1, 0.15) is 31.2 Å². The van der Waals surface area contributed by atoms with Gasteiger partial charge in [-0.1, -0.05) is 11.6 Å². The van der Waals surface area contributed by atoms with Gasteiger partial charge in [-0.05, 0) is 13.8 Å². The van der Waals surface area contributed by atoms with Crippen LogP contribution in [-0.4, -0.2) is 33.7 Å². The highest BCUT2D eigenvalue weighted by molar-refractivity contribution is 6.31. The molecular formula is C12H19ClN2O2. The zero-order valence-electron chi connectivity index (χ0n) is 10.5. The molecule has 1 saturated carbocycles. The Hall–Kier alpha value is -0.580. The van der Waals surface area contributed by atoms with E-state index < -0.39 is 5.60 Å². The van der Waals surface area contributed by atoms with Gasteiger partial charge in [0.25, 0.3) is 0 Å². The number of aliphatic hydroxyl groups is 1. The third-order valence-corrected chi connectivity index (χ3v) is 3.99. The molecule has 1 fully saturated rings. The minimum atomic E-state index is -0.677. The average Bonchev–Trinajstić information content (AvgIpc) is 2.53. The maximum atomic E-state index is 10.3. The zero-order chi connectivity index (χ0) is 12.6. The molecule has 0 atom stereocenters. The van der Waals surface area contributed by atoms with Crippen LogP contribution in [0.2, 0.25) is 5.02 Å². The van der Waals surface area contributed by atoms with Crippen molar-refractivity contribution in [1.29, 1.82) is 0 Å². The molecule has 5 heteroatoms. The van der Waals surface area contributed by atoms with Gasteiger partial charge in [0.15, 0.2) is 0 Å². The fraction of sp³-hybridized carbons (Fsp3) is 0.750. The molecule has 1 aliphatic carbocycles. The highest BCUT2D eigenvalue weighted by atomic mass is 35.5. The summed E-state index contributed by atoms with van der Waals surface area (Å²) in [4.78, 5) is 0. The standard InChI is InChI=1S/C12H19ClN2O2/c1-4-15-10(11(13)8(2)14-15)7-12(16)5-9(6-12)17-3/h9,16H,4-7H2,1-3H3. The summed E-state index contributed by atoms with van der Waals surface area (Å²) >= 11 is 6.22. The molecule has 2 rings (SSSR count). The molecule has 0 radical (unpaired) electrons. The quantitative estimate of drug-likeness (QED) is 0.898. The highest BCUT2D eigenvalue weighted by Gasteiger charge is 2.44. The average molecular weight is 259 g/mol. The van der Waals surface area contributed by atoms with E-state index in [-0.39, 0.29) is 6.10 Å². The Kier molecular flexibility index (Phi) is 3.48. The van der Waals surface area contributed by atoms with Crippen molar-refractivity contribution >= 4 is 11.6 Å². The lowest BCUT2D eigenvalue weighted by Crippen LogP contribution is -2.49. The van der Waals surface area contributed by atoms with Gasteiger partial charge in [-0.15, -0.1) is 0 Å². The first-order chi connectivity index (χ1) is 7.99. The van der Waals surface area contributed by atoms with Crippen molar-refractivity contribution < 1.29 is 9.84 Å². The Bertz CT molecular complexity index is 411. The molecule has 0 aromatic carbocycles. The number of aromatic nitrogens is 2. The van der Waals surface area contributed by atoms with Gasteiger partial charge in [0.1, 0.15) is 0 Å². The maximum absolute atomic E-state index is 10.3. The molecule has 0 bridgehead atoms. The molecule has 0 saturated heterocycles. The Labute approximate surface area is 107 Å².